The van der Waals surface area contributed by atoms with Crippen LogP contribution in [0.2, 0.25) is 0 Å². The molecule has 148 valence electrons. The van der Waals surface area contributed by atoms with Crippen LogP contribution in [0.5, 0.6) is 0 Å². The SMILES string of the molecule is CN(C)C(=O)Nc1cncc(-c2cnc3n[nH]c(-c4nc5ccncc5[nH]4)c3c2)c1. The molecule has 0 radical (unpaired) electrons. The predicted molar refractivity (Wildman–Crippen MR) is 113 cm³/mol. The van der Waals surface area contributed by atoms with Crippen LogP contribution in [-0.2, 0) is 0 Å². The van der Waals surface area contributed by atoms with Crippen molar-refractivity contribution >= 4 is 33.8 Å². The number of nitrogens with zero attached hydrogens (tertiary/aromatic N) is 6. The highest BCUT2D eigenvalue weighted by Crippen LogP contribution is 2.29. The fourth-order valence-electron chi connectivity index (χ4n) is 3.11. The number of nitrogens with one attached hydrogen (secondary N) is 3. The van der Waals surface area contributed by atoms with E-state index in [9.17, 15) is 4.79 Å². The van der Waals surface area contributed by atoms with Crippen LogP contribution in [0.15, 0.2) is 49.2 Å². The molecule has 30 heavy (non-hydrogen) atoms. The van der Waals surface area contributed by atoms with E-state index in [-0.39, 0.29) is 6.03 Å². The third-order valence-electron chi connectivity index (χ3n) is 4.66. The number of aromatic amines is 2. The number of aromatic nitrogens is 7. The minimum absolute atomic E-state index is 0.223. The second kappa shape index (κ2) is 6.92. The number of hydrogen-bond acceptors (Lipinski definition) is 6. The molecule has 3 N–H and O–H groups in total. The highest BCUT2D eigenvalue weighted by atomic mass is 16.2. The number of carbonyl (C=O) groups is 1. The Morgan fingerprint density at radius 2 is 1.93 bits per heavy atom. The van der Waals surface area contributed by atoms with Gasteiger partial charge in [-0.1, -0.05) is 0 Å². The van der Waals surface area contributed by atoms with Crippen molar-refractivity contribution in [3.05, 3.63) is 49.2 Å². The van der Waals surface area contributed by atoms with E-state index >= 15 is 0 Å². The summed E-state index contributed by atoms with van der Waals surface area (Å²) in [5.74, 6) is 0.657. The normalized spacial score (nSPS) is 11.1. The highest BCUT2D eigenvalue weighted by Gasteiger charge is 2.14. The maximum atomic E-state index is 11.9. The number of amides is 2. The number of pyridine rings is 3. The summed E-state index contributed by atoms with van der Waals surface area (Å²) in [4.78, 5) is 34.1. The first-order chi connectivity index (χ1) is 14.6. The summed E-state index contributed by atoms with van der Waals surface area (Å²) in [6, 6.07) is 5.45. The van der Waals surface area contributed by atoms with E-state index < -0.39 is 0 Å². The highest BCUT2D eigenvalue weighted by molar-refractivity contribution is 5.94. The van der Waals surface area contributed by atoms with Crippen LogP contribution < -0.4 is 5.32 Å². The van der Waals surface area contributed by atoms with Crippen LogP contribution >= 0.6 is 0 Å². The number of fused-ring (bicyclic) bond motifs is 2. The molecule has 0 bridgehead atoms. The lowest BCUT2D eigenvalue weighted by Crippen LogP contribution is -2.27. The van der Waals surface area contributed by atoms with Crippen molar-refractivity contribution in [3.8, 4) is 22.6 Å². The quantitative estimate of drug-likeness (QED) is 0.428. The second-order valence-corrected chi connectivity index (χ2v) is 6.96. The number of H-pyrrole nitrogens is 2. The van der Waals surface area contributed by atoms with Crippen LogP contribution in [0, 0.1) is 0 Å². The molecule has 0 aliphatic heterocycles. The fraction of sp³-hybridized carbons (Fsp3) is 0.100. The van der Waals surface area contributed by atoms with Crippen molar-refractivity contribution in [1.29, 1.82) is 0 Å². The average molecular weight is 399 g/mol. The van der Waals surface area contributed by atoms with E-state index in [1.807, 2.05) is 18.2 Å². The van der Waals surface area contributed by atoms with Crippen molar-refractivity contribution in [2.24, 2.45) is 0 Å². The minimum Gasteiger partial charge on any atom is -0.335 e. The summed E-state index contributed by atoms with van der Waals surface area (Å²) in [6.45, 7) is 0. The molecule has 0 fully saturated rings. The molecular formula is C20H17N9O. The molecule has 0 aromatic carbocycles. The zero-order valence-corrected chi connectivity index (χ0v) is 16.2. The van der Waals surface area contributed by atoms with Crippen LogP contribution in [0.25, 0.3) is 44.7 Å². The molecule has 10 nitrogen and oxygen atoms in total. The van der Waals surface area contributed by atoms with Gasteiger partial charge in [0.15, 0.2) is 11.5 Å². The second-order valence-electron chi connectivity index (χ2n) is 6.96. The van der Waals surface area contributed by atoms with Gasteiger partial charge in [0.05, 0.1) is 34.5 Å². The van der Waals surface area contributed by atoms with Crippen molar-refractivity contribution in [3.63, 3.8) is 0 Å². The number of urea groups is 1. The molecule has 0 atom stereocenters. The zero-order chi connectivity index (χ0) is 20.7. The molecule has 5 aromatic heterocycles. The molecule has 0 saturated carbocycles. The molecule has 5 rings (SSSR count). The Bertz CT molecular complexity index is 1350. The Morgan fingerprint density at radius 3 is 2.77 bits per heavy atom. The van der Waals surface area contributed by atoms with Gasteiger partial charge in [0.25, 0.3) is 0 Å². The fourth-order valence-corrected chi connectivity index (χ4v) is 3.11. The van der Waals surface area contributed by atoms with Crippen LogP contribution in [0.3, 0.4) is 0 Å². The van der Waals surface area contributed by atoms with Crippen LogP contribution in [0.4, 0.5) is 10.5 Å². The van der Waals surface area contributed by atoms with Gasteiger partial charge in [-0.2, -0.15) is 5.10 Å². The van der Waals surface area contributed by atoms with Crippen LogP contribution in [-0.4, -0.2) is 60.1 Å². The van der Waals surface area contributed by atoms with Crippen molar-refractivity contribution in [2.45, 2.75) is 0 Å². The van der Waals surface area contributed by atoms with Crippen LogP contribution in [0.1, 0.15) is 0 Å². The van der Waals surface area contributed by atoms with Gasteiger partial charge in [-0.3, -0.25) is 15.1 Å². The van der Waals surface area contributed by atoms with Gasteiger partial charge in [-0.25, -0.2) is 14.8 Å². The average Bonchev–Trinajstić information content (AvgIpc) is 3.37. The molecule has 0 unspecified atom stereocenters. The standard InChI is InChI=1S/C20H17N9O/c1-29(2)20(30)24-13-5-11(7-22-9-13)12-6-14-17(27-28-18(14)23-8-12)19-25-15-3-4-21-10-16(15)26-19/h3-10H,1-2H3,(H,24,30)(H,25,26)(H,23,27,28). The number of imidazole rings is 1. The largest absolute Gasteiger partial charge is 0.335 e. The molecule has 0 spiro atoms. The number of rotatable bonds is 3. The molecule has 0 saturated heterocycles. The Labute approximate surface area is 170 Å². The molecule has 2 amide bonds. The first-order valence-electron chi connectivity index (χ1n) is 9.16. The number of carbonyl (C=O) groups excluding carboxylic acids is 1. The van der Waals surface area contributed by atoms with E-state index in [2.05, 4.69) is 40.4 Å². The van der Waals surface area contributed by atoms with Gasteiger partial charge in [0.1, 0.15) is 5.69 Å². The van der Waals surface area contributed by atoms with E-state index in [0.717, 1.165) is 33.2 Å². The molecule has 5 aromatic rings. The van der Waals surface area contributed by atoms with Gasteiger partial charge >= 0.3 is 6.03 Å². The molecular weight excluding hydrogens is 382 g/mol. The van der Waals surface area contributed by atoms with Gasteiger partial charge < -0.3 is 15.2 Å². The van der Waals surface area contributed by atoms with E-state index in [0.29, 0.717) is 17.2 Å². The van der Waals surface area contributed by atoms with E-state index in [4.69, 9.17) is 0 Å². The van der Waals surface area contributed by atoms with Gasteiger partial charge in [-0.15, -0.1) is 0 Å². The molecule has 5 heterocycles. The molecule has 0 aliphatic rings. The molecule has 0 aliphatic carbocycles. The third kappa shape index (κ3) is 3.09. The van der Waals surface area contributed by atoms with Crippen molar-refractivity contribution in [2.75, 3.05) is 19.4 Å². The van der Waals surface area contributed by atoms with Crippen molar-refractivity contribution < 1.29 is 4.79 Å². The lowest BCUT2D eigenvalue weighted by molar-refractivity contribution is 0.230. The Kier molecular flexibility index (Phi) is 4.09. The smallest absolute Gasteiger partial charge is 0.321 e. The maximum absolute atomic E-state index is 11.9. The summed E-state index contributed by atoms with van der Waals surface area (Å²) < 4.78 is 0. The lowest BCUT2D eigenvalue weighted by Gasteiger charge is -2.12. The Hall–Kier alpha value is -4.34. The lowest BCUT2D eigenvalue weighted by atomic mass is 10.1. The number of anilines is 1. The zero-order valence-electron chi connectivity index (χ0n) is 16.2. The Balaban J connectivity index is 1.55. The predicted octanol–water partition coefficient (Wildman–Crippen LogP) is 3.05. The minimum atomic E-state index is -0.223. The maximum Gasteiger partial charge on any atom is 0.321 e. The first kappa shape index (κ1) is 17.7. The first-order valence-corrected chi connectivity index (χ1v) is 9.16. The van der Waals surface area contributed by atoms with Crippen molar-refractivity contribution in [1.82, 2.24) is 40.0 Å². The van der Waals surface area contributed by atoms with Gasteiger partial charge in [0, 0.05) is 43.8 Å². The van der Waals surface area contributed by atoms with Gasteiger partial charge in [-0.05, 0) is 18.2 Å². The third-order valence-corrected chi connectivity index (χ3v) is 4.66. The summed E-state index contributed by atoms with van der Waals surface area (Å²) in [5.41, 5.74) is 5.24. The molecule has 10 heteroatoms. The van der Waals surface area contributed by atoms with E-state index in [1.165, 1.54) is 4.90 Å². The van der Waals surface area contributed by atoms with E-state index in [1.54, 1.807) is 45.1 Å². The summed E-state index contributed by atoms with van der Waals surface area (Å²) >= 11 is 0. The summed E-state index contributed by atoms with van der Waals surface area (Å²) in [7, 11) is 3.36. The summed E-state index contributed by atoms with van der Waals surface area (Å²) in [6.07, 6.45) is 8.48. The number of hydrogen-bond donors (Lipinski definition) is 3. The monoisotopic (exact) mass is 399 g/mol. The summed E-state index contributed by atoms with van der Waals surface area (Å²) in [5, 5.41) is 10.9. The van der Waals surface area contributed by atoms with Gasteiger partial charge in [0.2, 0.25) is 0 Å². The topological polar surface area (TPSA) is 128 Å². The Morgan fingerprint density at radius 1 is 1.07 bits per heavy atom.